The van der Waals surface area contributed by atoms with E-state index in [0.29, 0.717) is 25.4 Å². The summed E-state index contributed by atoms with van der Waals surface area (Å²) >= 11 is 0. The van der Waals surface area contributed by atoms with Gasteiger partial charge in [-0.25, -0.2) is 0 Å². The topological polar surface area (TPSA) is 75.4 Å². The van der Waals surface area contributed by atoms with Crippen molar-refractivity contribution in [3.05, 3.63) is 0 Å². The Hall–Kier alpha value is -1.10. The van der Waals surface area contributed by atoms with Crippen LogP contribution in [0.25, 0.3) is 0 Å². The SMILES string of the molecule is CCN(CC)C(=O)C(C)NC(=O)C(N)CC(C)C. The highest BCUT2D eigenvalue weighted by atomic mass is 16.2. The van der Waals surface area contributed by atoms with Gasteiger partial charge >= 0.3 is 0 Å². The van der Waals surface area contributed by atoms with Gasteiger partial charge in [-0.2, -0.15) is 0 Å². The van der Waals surface area contributed by atoms with Crippen molar-refractivity contribution in [1.82, 2.24) is 10.2 Å². The van der Waals surface area contributed by atoms with E-state index in [-0.39, 0.29) is 11.8 Å². The molecule has 5 nitrogen and oxygen atoms in total. The molecule has 0 aromatic heterocycles. The Kier molecular flexibility index (Phi) is 7.59. The molecular formula is C13H27N3O2. The largest absolute Gasteiger partial charge is 0.343 e. The molecule has 18 heavy (non-hydrogen) atoms. The molecule has 0 aliphatic carbocycles. The predicted octanol–water partition coefficient (Wildman–Crippen LogP) is 0.733. The van der Waals surface area contributed by atoms with Crippen molar-refractivity contribution < 1.29 is 9.59 Å². The fourth-order valence-electron chi connectivity index (χ4n) is 1.81. The normalized spacial score (nSPS) is 14.2. The molecule has 0 aliphatic heterocycles. The van der Waals surface area contributed by atoms with E-state index in [1.165, 1.54) is 0 Å². The minimum atomic E-state index is -0.544. The number of nitrogens with one attached hydrogen (secondary N) is 1. The van der Waals surface area contributed by atoms with Gasteiger partial charge in [0.15, 0.2) is 0 Å². The van der Waals surface area contributed by atoms with E-state index in [2.05, 4.69) is 5.32 Å². The molecule has 0 saturated carbocycles. The maximum atomic E-state index is 12.0. The van der Waals surface area contributed by atoms with Gasteiger partial charge in [-0.3, -0.25) is 9.59 Å². The van der Waals surface area contributed by atoms with Crippen LogP contribution in [0.15, 0.2) is 0 Å². The zero-order valence-corrected chi connectivity index (χ0v) is 12.2. The summed E-state index contributed by atoms with van der Waals surface area (Å²) in [5.74, 6) is 0.0429. The molecular weight excluding hydrogens is 230 g/mol. The zero-order valence-electron chi connectivity index (χ0n) is 12.2. The molecule has 2 unspecified atom stereocenters. The van der Waals surface area contributed by atoms with Crippen molar-refractivity contribution in [2.24, 2.45) is 11.7 Å². The van der Waals surface area contributed by atoms with Crippen LogP contribution in [0.3, 0.4) is 0 Å². The number of rotatable bonds is 7. The molecule has 0 rings (SSSR count). The second-order valence-electron chi connectivity index (χ2n) is 4.98. The van der Waals surface area contributed by atoms with Crippen LogP contribution in [0.2, 0.25) is 0 Å². The number of nitrogens with zero attached hydrogens (tertiary/aromatic N) is 1. The Morgan fingerprint density at radius 1 is 1.17 bits per heavy atom. The molecule has 3 N–H and O–H groups in total. The number of nitrogens with two attached hydrogens (primary N) is 1. The third-order valence-corrected chi connectivity index (χ3v) is 2.87. The van der Waals surface area contributed by atoms with Crippen LogP contribution in [0.5, 0.6) is 0 Å². The first-order valence-corrected chi connectivity index (χ1v) is 6.68. The Labute approximate surface area is 110 Å². The van der Waals surface area contributed by atoms with Crippen molar-refractivity contribution in [3.8, 4) is 0 Å². The summed E-state index contributed by atoms with van der Waals surface area (Å²) in [7, 11) is 0. The maximum absolute atomic E-state index is 12.0. The lowest BCUT2D eigenvalue weighted by molar-refractivity contribution is -0.136. The fourth-order valence-corrected chi connectivity index (χ4v) is 1.81. The molecule has 0 saturated heterocycles. The summed E-state index contributed by atoms with van der Waals surface area (Å²) < 4.78 is 0. The first-order chi connectivity index (χ1) is 8.33. The third kappa shape index (κ3) is 5.49. The van der Waals surface area contributed by atoms with Gasteiger partial charge in [0.1, 0.15) is 6.04 Å². The van der Waals surface area contributed by atoms with Crippen LogP contribution < -0.4 is 11.1 Å². The van der Waals surface area contributed by atoms with Gasteiger partial charge in [-0.15, -0.1) is 0 Å². The average Bonchev–Trinajstić information content (AvgIpc) is 2.29. The van der Waals surface area contributed by atoms with E-state index >= 15 is 0 Å². The van der Waals surface area contributed by atoms with Crippen LogP contribution in [0.1, 0.15) is 41.0 Å². The lowest BCUT2D eigenvalue weighted by Crippen LogP contribution is -2.51. The maximum Gasteiger partial charge on any atom is 0.244 e. The lowest BCUT2D eigenvalue weighted by Gasteiger charge is -2.24. The van der Waals surface area contributed by atoms with Crippen LogP contribution in [0.4, 0.5) is 0 Å². The molecule has 0 bridgehead atoms. The van der Waals surface area contributed by atoms with Gasteiger partial charge < -0.3 is 16.0 Å². The van der Waals surface area contributed by atoms with Gasteiger partial charge in [-0.05, 0) is 33.1 Å². The number of carbonyl (C=O) groups is 2. The molecule has 0 radical (unpaired) electrons. The molecule has 5 heteroatoms. The van der Waals surface area contributed by atoms with Gasteiger partial charge in [0.2, 0.25) is 11.8 Å². The van der Waals surface area contributed by atoms with E-state index in [1.54, 1.807) is 11.8 Å². The highest BCUT2D eigenvalue weighted by molar-refractivity contribution is 5.89. The highest BCUT2D eigenvalue weighted by Gasteiger charge is 2.23. The second-order valence-corrected chi connectivity index (χ2v) is 4.98. The zero-order chi connectivity index (χ0) is 14.3. The van der Waals surface area contributed by atoms with Crippen molar-refractivity contribution in [2.45, 2.75) is 53.1 Å². The summed E-state index contributed by atoms with van der Waals surface area (Å²) in [6.07, 6.45) is 0.623. The van der Waals surface area contributed by atoms with E-state index in [9.17, 15) is 9.59 Å². The first-order valence-electron chi connectivity index (χ1n) is 6.68. The third-order valence-electron chi connectivity index (χ3n) is 2.87. The lowest BCUT2D eigenvalue weighted by atomic mass is 10.0. The van der Waals surface area contributed by atoms with Crippen LogP contribution in [-0.2, 0) is 9.59 Å². The smallest absolute Gasteiger partial charge is 0.244 e. The number of hydrogen-bond acceptors (Lipinski definition) is 3. The van der Waals surface area contributed by atoms with Gasteiger partial charge in [-0.1, -0.05) is 13.8 Å². The number of amides is 2. The summed E-state index contributed by atoms with van der Waals surface area (Å²) in [6.45, 7) is 10.8. The number of likely N-dealkylation sites (N-methyl/N-ethyl adjacent to an activating group) is 1. The predicted molar refractivity (Wildman–Crippen MR) is 73.0 cm³/mol. The molecule has 0 fully saturated rings. The Balaban J connectivity index is 4.34. The van der Waals surface area contributed by atoms with Crippen molar-refractivity contribution in [3.63, 3.8) is 0 Å². The van der Waals surface area contributed by atoms with Crippen molar-refractivity contribution in [2.75, 3.05) is 13.1 Å². The van der Waals surface area contributed by atoms with Crippen molar-refractivity contribution >= 4 is 11.8 Å². The van der Waals surface area contributed by atoms with Crippen LogP contribution >= 0.6 is 0 Å². The Bertz CT molecular complexity index is 275. The Morgan fingerprint density at radius 3 is 2.06 bits per heavy atom. The molecule has 0 aromatic carbocycles. The summed E-state index contributed by atoms with van der Waals surface area (Å²) in [4.78, 5) is 25.4. The molecule has 0 aromatic rings. The average molecular weight is 257 g/mol. The monoisotopic (exact) mass is 257 g/mol. The summed E-state index contributed by atoms with van der Waals surface area (Å²) in [6, 6.07) is -1.06. The quantitative estimate of drug-likeness (QED) is 0.706. The highest BCUT2D eigenvalue weighted by Crippen LogP contribution is 2.03. The molecule has 2 atom stereocenters. The van der Waals surface area contributed by atoms with Crippen molar-refractivity contribution in [1.29, 1.82) is 0 Å². The molecule has 0 aliphatic rings. The van der Waals surface area contributed by atoms with Crippen LogP contribution in [0, 0.1) is 5.92 Å². The molecule has 2 amide bonds. The van der Waals surface area contributed by atoms with E-state index in [4.69, 9.17) is 5.73 Å². The van der Waals surface area contributed by atoms with Crippen LogP contribution in [-0.4, -0.2) is 41.9 Å². The summed E-state index contributed by atoms with van der Waals surface area (Å²) in [5, 5.41) is 2.68. The van der Waals surface area contributed by atoms with E-state index in [0.717, 1.165) is 0 Å². The minimum absolute atomic E-state index is 0.0647. The van der Waals surface area contributed by atoms with E-state index in [1.807, 2.05) is 27.7 Å². The van der Waals surface area contributed by atoms with Gasteiger partial charge in [0.05, 0.1) is 6.04 Å². The first kappa shape index (κ1) is 16.9. The summed E-state index contributed by atoms with van der Waals surface area (Å²) in [5.41, 5.74) is 5.77. The Morgan fingerprint density at radius 2 is 1.67 bits per heavy atom. The van der Waals surface area contributed by atoms with E-state index < -0.39 is 12.1 Å². The fraction of sp³-hybridized carbons (Fsp3) is 0.846. The standard InChI is InChI=1S/C13H27N3O2/c1-6-16(7-2)13(18)10(5)15-12(17)11(14)8-9(3)4/h9-11H,6-8,14H2,1-5H3,(H,15,17). The number of hydrogen-bond donors (Lipinski definition) is 2. The van der Waals surface area contributed by atoms with Gasteiger partial charge in [0.25, 0.3) is 0 Å². The minimum Gasteiger partial charge on any atom is -0.343 e. The second kappa shape index (κ2) is 8.08. The van der Waals surface area contributed by atoms with Gasteiger partial charge in [0, 0.05) is 13.1 Å². The molecule has 0 spiro atoms. The number of carbonyl (C=O) groups excluding carboxylic acids is 2. The molecule has 106 valence electrons. The molecule has 0 heterocycles.